The molecule has 1 aliphatic heterocycles. The van der Waals surface area contributed by atoms with Crippen LogP contribution in [-0.4, -0.2) is 72.7 Å². The minimum Gasteiger partial charge on any atom is -0.395 e. The van der Waals surface area contributed by atoms with Gasteiger partial charge in [0.05, 0.1) is 18.6 Å². The number of aryl methyl sites for hydroxylation is 2. The quantitative estimate of drug-likeness (QED) is 0.684. The van der Waals surface area contributed by atoms with Crippen LogP contribution in [0.15, 0.2) is 0 Å². The van der Waals surface area contributed by atoms with Crippen LogP contribution >= 0.6 is 11.3 Å². The molecule has 1 aliphatic carbocycles. The highest BCUT2D eigenvalue weighted by Gasteiger charge is 2.26. The topological polar surface area (TPSA) is 84.8 Å². The van der Waals surface area contributed by atoms with Crippen LogP contribution in [0.2, 0.25) is 0 Å². The Morgan fingerprint density at radius 1 is 1.08 bits per heavy atom. The van der Waals surface area contributed by atoms with Crippen LogP contribution in [0.4, 0.5) is 11.8 Å². The van der Waals surface area contributed by atoms with Crippen LogP contribution in [0.3, 0.4) is 0 Å². The van der Waals surface area contributed by atoms with Gasteiger partial charge in [0, 0.05) is 44.1 Å². The van der Waals surface area contributed by atoms with Crippen LogP contribution in [0.1, 0.15) is 16.9 Å². The van der Waals surface area contributed by atoms with Crippen LogP contribution < -0.4 is 15.1 Å². The summed E-state index contributed by atoms with van der Waals surface area (Å²) in [6.45, 7) is 4.70. The molecule has 0 unspecified atom stereocenters. The monoisotopic (exact) mass is 363 g/mol. The Morgan fingerprint density at radius 3 is 2.56 bits per heavy atom. The molecule has 2 aromatic rings. The van der Waals surface area contributed by atoms with Gasteiger partial charge in [-0.1, -0.05) is 0 Å². The van der Waals surface area contributed by atoms with Crippen molar-refractivity contribution in [3.8, 4) is 0 Å². The average Bonchev–Trinajstić information content (AvgIpc) is 3.22. The van der Waals surface area contributed by atoms with Gasteiger partial charge in [-0.2, -0.15) is 4.98 Å². The molecule has 1 fully saturated rings. The van der Waals surface area contributed by atoms with E-state index >= 15 is 0 Å². The predicted octanol–water partition coefficient (Wildman–Crippen LogP) is 0.381. The second kappa shape index (κ2) is 7.41. The Bertz CT molecular complexity index is 738. The molecule has 25 heavy (non-hydrogen) atoms. The summed E-state index contributed by atoms with van der Waals surface area (Å²) in [5.41, 5.74) is 1.38. The van der Waals surface area contributed by atoms with Crippen molar-refractivity contribution in [2.24, 2.45) is 0 Å². The largest absolute Gasteiger partial charge is 0.395 e. The minimum absolute atomic E-state index is 0.0425. The molecule has 0 radical (unpaired) electrons. The molecule has 136 valence electrons. The number of nitrogens with one attached hydrogen (secondary N) is 1. The highest BCUT2D eigenvalue weighted by Crippen LogP contribution is 2.41. The fourth-order valence-electron chi connectivity index (χ4n) is 3.77. The highest BCUT2D eigenvalue weighted by molar-refractivity contribution is 7.19. The zero-order chi connectivity index (χ0) is 17.2. The fraction of sp³-hybridized carbons (Fsp3) is 0.647. The van der Waals surface area contributed by atoms with Gasteiger partial charge in [0.1, 0.15) is 10.6 Å². The number of nitrogens with zero attached hydrogens (tertiary/aromatic N) is 4. The summed E-state index contributed by atoms with van der Waals surface area (Å²) < 4.78 is 0. The van der Waals surface area contributed by atoms with E-state index in [1.807, 2.05) is 4.90 Å². The molecule has 0 saturated carbocycles. The lowest BCUT2D eigenvalue weighted by Crippen LogP contribution is -2.44. The lowest BCUT2D eigenvalue weighted by Gasteiger charge is -2.29. The van der Waals surface area contributed by atoms with Crippen molar-refractivity contribution >= 4 is 33.3 Å². The summed E-state index contributed by atoms with van der Waals surface area (Å²) in [6, 6.07) is 0. The number of hydrogen-bond acceptors (Lipinski definition) is 8. The van der Waals surface area contributed by atoms with Crippen molar-refractivity contribution in [1.82, 2.24) is 15.3 Å². The van der Waals surface area contributed by atoms with E-state index < -0.39 is 0 Å². The molecule has 1 saturated heterocycles. The maximum atomic E-state index is 9.48. The third kappa shape index (κ3) is 3.19. The van der Waals surface area contributed by atoms with E-state index in [4.69, 9.17) is 9.97 Å². The molecular weight excluding hydrogens is 338 g/mol. The first-order chi connectivity index (χ1) is 12.3. The van der Waals surface area contributed by atoms with Crippen molar-refractivity contribution < 1.29 is 10.2 Å². The van der Waals surface area contributed by atoms with Gasteiger partial charge in [-0.3, -0.25) is 0 Å². The van der Waals surface area contributed by atoms with Gasteiger partial charge in [-0.15, -0.1) is 11.3 Å². The predicted molar refractivity (Wildman–Crippen MR) is 101 cm³/mol. The second-order valence-electron chi connectivity index (χ2n) is 6.56. The minimum atomic E-state index is 0.0425. The van der Waals surface area contributed by atoms with E-state index in [-0.39, 0.29) is 13.2 Å². The van der Waals surface area contributed by atoms with Crippen LogP contribution in [-0.2, 0) is 12.8 Å². The fourth-order valence-corrected chi connectivity index (χ4v) is 5.02. The maximum Gasteiger partial charge on any atom is 0.228 e. The lowest BCUT2D eigenvalue weighted by molar-refractivity contribution is 0.281. The van der Waals surface area contributed by atoms with Gasteiger partial charge in [0.2, 0.25) is 5.95 Å². The summed E-state index contributed by atoms with van der Waals surface area (Å²) in [5, 5.41) is 23.4. The third-order valence-corrected chi connectivity index (χ3v) is 6.16. The van der Waals surface area contributed by atoms with Crippen molar-refractivity contribution in [2.75, 3.05) is 62.3 Å². The van der Waals surface area contributed by atoms with Crippen LogP contribution in [0, 0.1) is 0 Å². The first-order valence-corrected chi connectivity index (χ1v) is 9.88. The van der Waals surface area contributed by atoms with Crippen molar-refractivity contribution in [1.29, 1.82) is 0 Å². The van der Waals surface area contributed by atoms with Gasteiger partial charge in [0.15, 0.2) is 0 Å². The molecule has 2 aliphatic rings. The Kier molecular flexibility index (Phi) is 5.03. The summed E-state index contributed by atoms with van der Waals surface area (Å²) in [4.78, 5) is 16.5. The van der Waals surface area contributed by atoms with E-state index in [0.717, 1.165) is 61.0 Å². The number of piperazine rings is 1. The Hall–Kier alpha value is -1.48. The van der Waals surface area contributed by atoms with Gasteiger partial charge < -0.3 is 25.3 Å². The van der Waals surface area contributed by atoms with Crippen molar-refractivity contribution in [2.45, 2.75) is 19.3 Å². The SMILES string of the molecule is OCCN(CCO)c1nc(N2CCNCC2)nc2sc3c(c12)CCC3. The zero-order valence-corrected chi connectivity index (χ0v) is 15.2. The summed E-state index contributed by atoms with van der Waals surface area (Å²) in [6.07, 6.45) is 3.39. The first kappa shape index (κ1) is 17.0. The number of hydrogen-bond donors (Lipinski definition) is 3. The highest BCUT2D eigenvalue weighted by atomic mass is 32.1. The molecule has 0 spiro atoms. The van der Waals surface area contributed by atoms with E-state index in [2.05, 4.69) is 10.2 Å². The van der Waals surface area contributed by atoms with E-state index in [0.29, 0.717) is 13.1 Å². The van der Waals surface area contributed by atoms with Gasteiger partial charge in [-0.25, -0.2) is 4.98 Å². The van der Waals surface area contributed by atoms with Gasteiger partial charge in [0.25, 0.3) is 0 Å². The Balaban J connectivity index is 1.83. The first-order valence-electron chi connectivity index (χ1n) is 9.06. The summed E-state index contributed by atoms with van der Waals surface area (Å²) in [7, 11) is 0. The number of fused-ring (bicyclic) bond motifs is 3. The smallest absolute Gasteiger partial charge is 0.228 e. The number of rotatable bonds is 6. The Morgan fingerprint density at radius 2 is 1.84 bits per heavy atom. The molecule has 2 aromatic heterocycles. The van der Waals surface area contributed by atoms with E-state index in [1.54, 1.807) is 11.3 Å². The normalized spacial score (nSPS) is 17.3. The number of thiophene rings is 1. The lowest BCUT2D eigenvalue weighted by atomic mass is 10.2. The van der Waals surface area contributed by atoms with Gasteiger partial charge in [-0.05, 0) is 24.8 Å². The van der Waals surface area contributed by atoms with Crippen LogP contribution in [0.5, 0.6) is 0 Å². The molecule has 0 atom stereocenters. The molecule has 0 amide bonds. The second-order valence-corrected chi connectivity index (χ2v) is 7.64. The molecule has 0 bridgehead atoms. The maximum absolute atomic E-state index is 9.48. The molecule has 0 aromatic carbocycles. The van der Waals surface area contributed by atoms with Crippen LogP contribution in [0.25, 0.3) is 10.2 Å². The third-order valence-electron chi connectivity index (χ3n) is 4.97. The van der Waals surface area contributed by atoms with Crippen molar-refractivity contribution in [3.63, 3.8) is 0 Å². The van der Waals surface area contributed by atoms with E-state index in [1.165, 1.54) is 16.9 Å². The number of anilines is 2. The summed E-state index contributed by atoms with van der Waals surface area (Å²) in [5.74, 6) is 1.64. The van der Waals surface area contributed by atoms with Gasteiger partial charge >= 0.3 is 0 Å². The molecule has 4 rings (SSSR count). The molecular formula is C17H25N5O2S. The Labute approximate surface area is 151 Å². The number of aliphatic hydroxyl groups excluding tert-OH is 2. The zero-order valence-electron chi connectivity index (χ0n) is 14.4. The molecule has 3 N–H and O–H groups in total. The number of aliphatic hydroxyl groups is 2. The van der Waals surface area contributed by atoms with E-state index in [9.17, 15) is 10.2 Å². The molecule has 8 heteroatoms. The standard InChI is InChI=1S/C17H25N5O2S/c23-10-8-21(9-11-24)15-14-12-2-1-3-13(12)25-16(14)20-17(19-15)22-6-4-18-5-7-22/h18,23-24H,1-11H2. The average molecular weight is 363 g/mol. The summed E-state index contributed by atoms with van der Waals surface area (Å²) >= 11 is 1.79. The molecule has 7 nitrogen and oxygen atoms in total. The number of aromatic nitrogens is 2. The molecule has 3 heterocycles. The van der Waals surface area contributed by atoms with Crippen molar-refractivity contribution in [3.05, 3.63) is 10.4 Å².